The summed E-state index contributed by atoms with van der Waals surface area (Å²) in [4.78, 5) is 27.2. The highest BCUT2D eigenvalue weighted by Crippen LogP contribution is 2.29. The standard InChI is InChI=1S/C25H21F3N4O2/c1-15-3-7-17(8-4-15)13-32-14-20(22(31-32)18-9-5-16(2)6-10-18)23(33)30-21-11-19(25(26,27)28)12-29-24(21)34/h3-12,14H,13H2,1-2H3,(H,29,34)(H,30,33). The van der Waals surface area contributed by atoms with Gasteiger partial charge in [-0.15, -0.1) is 0 Å². The zero-order valence-corrected chi connectivity index (χ0v) is 18.4. The SMILES string of the molecule is Cc1ccc(Cn2cc(C(=O)Nc3cc(C(F)(F)F)c[nH]c3=O)c(-c3ccc(C)cc3)n2)cc1. The number of H-pyrrole nitrogens is 1. The number of carbonyl (C=O) groups excluding carboxylic acids is 1. The van der Waals surface area contributed by atoms with E-state index in [-0.39, 0.29) is 5.56 Å². The number of aromatic amines is 1. The van der Waals surface area contributed by atoms with Gasteiger partial charge in [0.15, 0.2) is 0 Å². The molecule has 0 unspecified atom stereocenters. The number of rotatable bonds is 5. The molecular formula is C25H21F3N4O2. The highest BCUT2D eigenvalue weighted by molar-refractivity contribution is 6.08. The lowest BCUT2D eigenvalue weighted by molar-refractivity contribution is -0.137. The first-order valence-corrected chi connectivity index (χ1v) is 10.4. The highest BCUT2D eigenvalue weighted by atomic mass is 19.4. The van der Waals surface area contributed by atoms with Gasteiger partial charge in [0.05, 0.1) is 17.7 Å². The van der Waals surface area contributed by atoms with E-state index in [0.717, 1.165) is 16.7 Å². The summed E-state index contributed by atoms with van der Waals surface area (Å²) in [7, 11) is 0. The number of nitrogens with zero attached hydrogens (tertiary/aromatic N) is 2. The molecule has 2 aromatic carbocycles. The minimum atomic E-state index is -4.67. The van der Waals surface area contributed by atoms with Crippen molar-refractivity contribution in [2.24, 2.45) is 0 Å². The van der Waals surface area contributed by atoms with Gasteiger partial charge in [-0.1, -0.05) is 59.7 Å². The normalized spacial score (nSPS) is 11.4. The molecule has 0 aliphatic carbocycles. The van der Waals surface area contributed by atoms with Crippen LogP contribution in [-0.2, 0) is 12.7 Å². The van der Waals surface area contributed by atoms with Crippen molar-refractivity contribution in [3.8, 4) is 11.3 Å². The van der Waals surface area contributed by atoms with Gasteiger partial charge in [-0.2, -0.15) is 18.3 Å². The van der Waals surface area contributed by atoms with Crippen molar-refractivity contribution in [1.29, 1.82) is 0 Å². The molecule has 0 atom stereocenters. The van der Waals surface area contributed by atoms with E-state index in [1.165, 1.54) is 6.20 Å². The van der Waals surface area contributed by atoms with Crippen LogP contribution in [0, 0.1) is 13.8 Å². The number of aryl methyl sites for hydroxylation is 2. The molecule has 2 heterocycles. The molecule has 1 amide bonds. The molecule has 6 nitrogen and oxygen atoms in total. The second-order valence-corrected chi connectivity index (χ2v) is 8.02. The fraction of sp³-hybridized carbons (Fsp3) is 0.160. The molecular weight excluding hydrogens is 445 g/mol. The molecule has 0 saturated heterocycles. The number of carbonyl (C=O) groups is 1. The average Bonchev–Trinajstić information content (AvgIpc) is 3.20. The van der Waals surface area contributed by atoms with E-state index >= 15 is 0 Å². The summed E-state index contributed by atoms with van der Waals surface area (Å²) in [5.41, 5.74) is 1.82. The summed E-state index contributed by atoms with van der Waals surface area (Å²) < 4.78 is 40.8. The lowest BCUT2D eigenvalue weighted by atomic mass is 10.1. The average molecular weight is 466 g/mol. The number of aromatic nitrogens is 3. The number of hydrogen-bond acceptors (Lipinski definition) is 3. The van der Waals surface area contributed by atoms with E-state index in [0.29, 0.717) is 30.1 Å². The third-order valence-corrected chi connectivity index (χ3v) is 5.28. The molecule has 0 radical (unpaired) electrons. The fourth-order valence-electron chi connectivity index (χ4n) is 3.40. The molecule has 174 valence electrons. The topological polar surface area (TPSA) is 79.8 Å². The lowest BCUT2D eigenvalue weighted by Gasteiger charge is -2.09. The number of nitrogens with one attached hydrogen (secondary N) is 2. The summed E-state index contributed by atoms with van der Waals surface area (Å²) in [6.45, 7) is 4.29. The van der Waals surface area contributed by atoms with E-state index in [1.54, 1.807) is 4.68 Å². The number of benzene rings is 2. The number of halogens is 3. The minimum Gasteiger partial charge on any atom is -0.327 e. The number of amides is 1. The molecule has 0 bridgehead atoms. The maximum Gasteiger partial charge on any atom is 0.417 e. The molecule has 34 heavy (non-hydrogen) atoms. The number of alkyl halides is 3. The molecule has 0 aliphatic rings. The summed E-state index contributed by atoms with van der Waals surface area (Å²) in [5, 5.41) is 6.87. The van der Waals surface area contributed by atoms with Crippen LogP contribution in [0.25, 0.3) is 11.3 Å². The van der Waals surface area contributed by atoms with Crippen LogP contribution < -0.4 is 10.9 Å². The van der Waals surface area contributed by atoms with Crippen LogP contribution in [0.3, 0.4) is 0 Å². The Labute approximate surface area is 193 Å². The van der Waals surface area contributed by atoms with Gasteiger partial charge in [0.25, 0.3) is 11.5 Å². The Morgan fingerprint density at radius 3 is 2.26 bits per heavy atom. The quantitative estimate of drug-likeness (QED) is 0.426. The summed E-state index contributed by atoms with van der Waals surface area (Å²) >= 11 is 0. The third kappa shape index (κ3) is 5.09. The van der Waals surface area contributed by atoms with Crippen molar-refractivity contribution in [3.63, 3.8) is 0 Å². The van der Waals surface area contributed by atoms with Crippen LogP contribution >= 0.6 is 0 Å². The molecule has 4 aromatic rings. The third-order valence-electron chi connectivity index (χ3n) is 5.28. The zero-order chi connectivity index (χ0) is 24.5. The van der Waals surface area contributed by atoms with Gasteiger partial charge in [-0.05, 0) is 25.5 Å². The Hall–Kier alpha value is -4.14. The minimum absolute atomic E-state index is 0.132. The Morgan fingerprint density at radius 2 is 1.65 bits per heavy atom. The number of hydrogen-bond donors (Lipinski definition) is 2. The van der Waals surface area contributed by atoms with Crippen LogP contribution in [0.5, 0.6) is 0 Å². The van der Waals surface area contributed by atoms with Crippen molar-refractivity contribution < 1.29 is 18.0 Å². The van der Waals surface area contributed by atoms with Crippen LogP contribution in [-0.4, -0.2) is 20.7 Å². The monoisotopic (exact) mass is 466 g/mol. The summed E-state index contributed by atoms with van der Waals surface area (Å²) in [5.74, 6) is -0.740. The Bertz CT molecular complexity index is 1390. The van der Waals surface area contributed by atoms with Crippen molar-refractivity contribution in [3.05, 3.63) is 105 Å². The molecule has 4 rings (SSSR count). The van der Waals surface area contributed by atoms with E-state index < -0.39 is 28.9 Å². The molecule has 2 aromatic heterocycles. The highest BCUT2D eigenvalue weighted by Gasteiger charge is 2.31. The van der Waals surface area contributed by atoms with Gasteiger partial charge in [0.2, 0.25) is 0 Å². The molecule has 0 fully saturated rings. The van der Waals surface area contributed by atoms with Gasteiger partial charge in [-0.3, -0.25) is 14.3 Å². The van der Waals surface area contributed by atoms with E-state index in [1.807, 2.05) is 67.4 Å². The second-order valence-electron chi connectivity index (χ2n) is 8.02. The Morgan fingerprint density at radius 1 is 1.03 bits per heavy atom. The zero-order valence-electron chi connectivity index (χ0n) is 18.4. The lowest BCUT2D eigenvalue weighted by Crippen LogP contribution is -2.21. The van der Waals surface area contributed by atoms with Crippen molar-refractivity contribution in [2.45, 2.75) is 26.6 Å². The van der Waals surface area contributed by atoms with Gasteiger partial charge >= 0.3 is 6.18 Å². The number of anilines is 1. The molecule has 2 N–H and O–H groups in total. The first kappa shape index (κ1) is 23.0. The van der Waals surface area contributed by atoms with Crippen molar-refractivity contribution in [2.75, 3.05) is 5.32 Å². The predicted molar refractivity (Wildman–Crippen MR) is 123 cm³/mol. The summed E-state index contributed by atoms with van der Waals surface area (Å²) in [6, 6.07) is 15.8. The fourth-order valence-corrected chi connectivity index (χ4v) is 3.40. The van der Waals surface area contributed by atoms with Crippen LogP contribution in [0.15, 0.2) is 71.8 Å². The van der Waals surface area contributed by atoms with Crippen molar-refractivity contribution in [1.82, 2.24) is 14.8 Å². The van der Waals surface area contributed by atoms with Crippen molar-refractivity contribution >= 4 is 11.6 Å². The Balaban J connectivity index is 1.71. The maximum absolute atomic E-state index is 13.1. The van der Waals surface area contributed by atoms with Gasteiger partial charge < -0.3 is 10.3 Å². The Kier molecular flexibility index (Phi) is 6.10. The second kappa shape index (κ2) is 9.01. The maximum atomic E-state index is 13.1. The largest absolute Gasteiger partial charge is 0.417 e. The predicted octanol–water partition coefficient (Wildman–Crippen LogP) is 5.17. The molecule has 0 saturated carbocycles. The first-order valence-electron chi connectivity index (χ1n) is 10.4. The number of pyridine rings is 1. The van der Waals surface area contributed by atoms with E-state index in [4.69, 9.17) is 0 Å². The molecule has 0 spiro atoms. The van der Waals surface area contributed by atoms with Crippen LogP contribution in [0.1, 0.15) is 32.6 Å². The van der Waals surface area contributed by atoms with Gasteiger partial charge in [0, 0.05) is 18.0 Å². The summed E-state index contributed by atoms with van der Waals surface area (Å²) in [6.07, 6.45) is -2.59. The van der Waals surface area contributed by atoms with E-state index in [2.05, 4.69) is 10.4 Å². The smallest absolute Gasteiger partial charge is 0.327 e. The molecule has 9 heteroatoms. The van der Waals surface area contributed by atoms with Gasteiger partial charge in [0.1, 0.15) is 11.4 Å². The first-order chi connectivity index (χ1) is 16.1. The van der Waals surface area contributed by atoms with Crippen LogP contribution in [0.2, 0.25) is 0 Å². The van der Waals surface area contributed by atoms with Crippen LogP contribution in [0.4, 0.5) is 18.9 Å². The van der Waals surface area contributed by atoms with Gasteiger partial charge in [-0.25, -0.2) is 0 Å². The van der Waals surface area contributed by atoms with E-state index in [9.17, 15) is 22.8 Å². The molecule has 0 aliphatic heterocycles.